The molecule has 0 saturated heterocycles. The summed E-state index contributed by atoms with van der Waals surface area (Å²) in [5.74, 6) is -2.81. The summed E-state index contributed by atoms with van der Waals surface area (Å²) in [6.07, 6.45) is 4.27. The molecule has 1 aromatic carbocycles. The number of amides is 1. The highest BCUT2D eigenvalue weighted by molar-refractivity contribution is 7.14. The monoisotopic (exact) mass is 454 g/mol. The average molecular weight is 455 g/mol. The Hall–Kier alpha value is -3.50. The number of H-pyrrole nitrogens is 1. The topological polar surface area (TPSA) is 144 Å². The lowest BCUT2D eigenvalue weighted by Crippen LogP contribution is -2.38. The van der Waals surface area contributed by atoms with E-state index in [1.165, 1.54) is 11.3 Å². The summed E-state index contributed by atoms with van der Waals surface area (Å²) >= 11 is 1.18. The van der Waals surface area contributed by atoms with E-state index in [0.29, 0.717) is 10.6 Å². The Morgan fingerprint density at radius 2 is 1.88 bits per heavy atom. The van der Waals surface area contributed by atoms with Crippen LogP contribution >= 0.6 is 11.3 Å². The zero-order valence-corrected chi connectivity index (χ0v) is 17.8. The molecule has 1 saturated carbocycles. The van der Waals surface area contributed by atoms with Crippen molar-refractivity contribution in [3.05, 3.63) is 63.4 Å². The summed E-state index contributed by atoms with van der Waals surface area (Å²) in [6, 6.07) is 10.7. The summed E-state index contributed by atoms with van der Waals surface area (Å²) in [6.45, 7) is 0. The normalized spacial score (nSPS) is 14.9. The van der Waals surface area contributed by atoms with E-state index in [1.807, 2.05) is 30.3 Å². The lowest BCUT2D eigenvalue weighted by atomic mass is 10.0. The van der Waals surface area contributed by atoms with Crippen molar-refractivity contribution < 1.29 is 19.8 Å². The van der Waals surface area contributed by atoms with Crippen LogP contribution in [-0.4, -0.2) is 38.1 Å². The Bertz CT molecular complexity index is 1180. The molecule has 4 rings (SSSR count). The first-order chi connectivity index (χ1) is 15.4. The number of carbonyl (C=O) groups excluding carboxylic acids is 1. The van der Waals surface area contributed by atoms with Crippen LogP contribution in [0.25, 0.3) is 10.7 Å². The van der Waals surface area contributed by atoms with Gasteiger partial charge in [0, 0.05) is 6.04 Å². The van der Waals surface area contributed by atoms with Crippen molar-refractivity contribution in [2.45, 2.75) is 37.8 Å². The van der Waals surface area contributed by atoms with E-state index in [4.69, 9.17) is 0 Å². The molecule has 3 aromatic rings. The van der Waals surface area contributed by atoms with Crippen molar-refractivity contribution >= 4 is 28.9 Å². The molecular formula is C22H22N4O5S. The fourth-order valence-electron chi connectivity index (χ4n) is 3.82. The predicted octanol–water partition coefficient (Wildman–Crippen LogP) is 3.11. The van der Waals surface area contributed by atoms with Gasteiger partial charge in [-0.05, 0) is 29.9 Å². The number of thiophene rings is 1. The second kappa shape index (κ2) is 9.33. The van der Waals surface area contributed by atoms with Gasteiger partial charge in [-0.1, -0.05) is 43.2 Å². The third-order valence-corrected chi connectivity index (χ3v) is 6.31. The molecule has 2 aromatic heterocycles. The van der Waals surface area contributed by atoms with Gasteiger partial charge in [-0.15, -0.1) is 11.3 Å². The van der Waals surface area contributed by atoms with E-state index in [2.05, 4.69) is 20.6 Å². The van der Waals surface area contributed by atoms with Crippen molar-refractivity contribution in [1.29, 1.82) is 0 Å². The largest absolute Gasteiger partial charge is 0.501 e. The number of hydrogen-bond donors (Lipinski definition) is 5. The number of carboxylic acids is 1. The molecule has 5 N–H and O–H groups in total. The molecule has 1 aliphatic carbocycles. The van der Waals surface area contributed by atoms with Crippen LogP contribution in [-0.2, 0) is 4.79 Å². The first-order valence-corrected chi connectivity index (χ1v) is 11.1. The smallest absolute Gasteiger partial charge is 0.358 e. The number of rotatable bonds is 7. The zero-order valence-electron chi connectivity index (χ0n) is 17.0. The molecule has 0 spiro atoms. The van der Waals surface area contributed by atoms with Crippen LogP contribution in [0.4, 0.5) is 5.69 Å². The van der Waals surface area contributed by atoms with Gasteiger partial charge < -0.3 is 20.5 Å². The van der Waals surface area contributed by atoms with Gasteiger partial charge >= 0.3 is 5.97 Å². The molecule has 1 fully saturated rings. The molecule has 0 bridgehead atoms. The molecular weight excluding hydrogens is 432 g/mol. The highest BCUT2D eigenvalue weighted by Gasteiger charge is 2.27. The first-order valence-electron chi connectivity index (χ1n) is 10.2. The maximum absolute atomic E-state index is 13.3. The van der Waals surface area contributed by atoms with E-state index < -0.39 is 29.0 Å². The lowest BCUT2D eigenvalue weighted by Gasteiger charge is -2.23. The number of aromatic amines is 1. The summed E-state index contributed by atoms with van der Waals surface area (Å²) in [4.78, 5) is 43.2. The third-order valence-electron chi connectivity index (χ3n) is 5.39. The van der Waals surface area contributed by atoms with Crippen molar-refractivity contribution in [3.8, 4) is 16.5 Å². The summed E-state index contributed by atoms with van der Waals surface area (Å²) in [5.41, 5.74) is -0.500. The van der Waals surface area contributed by atoms with Gasteiger partial charge in [-0.25, -0.2) is 9.78 Å². The van der Waals surface area contributed by atoms with Gasteiger partial charge in [0.25, 0.3) is 5.56 Å². The number of carboxylic acid groups (broad SMARTS) is 1. The number of benzene rings is 1. The number of aromatic hydroxyl groups is 1. The summed E-state index contributed by atoms with van der Waals surface area (Å²) in [5, 5.41) is 26.9. The van der Waals surface area contributed by atoms with Crippen molar-refractivity contribution in [2.75, 3.05) is 5.32 Å². The van der Waals surface area contributed by atoms with E-state index in [0.717, 1.165) is 31.2 Å². The summed E-state index contributed by atoms with van der Waals surface area (Å²) in [7, 11) is 0. The van der Waals surface area contributed by atoms with E-state index in [-0.39, 0.29) is 17.8 Å². The number of carbonyl (C=O) groups is 2. The lowest BCUT2D eigenvalue weighted by molar-refractivity contribution is -0.118. The Labute approximate surface area is 187 Å². The highest BCUT2D eigenvalue weighted by Crippen LogP contribution is 2.33. The zero-order chi connectivity index (χ0) is 22.7. The third kappa shape index (κ3) is 4.56. The Kier molecular flexibility index (Phi) is 6.33. The predicted molar refractivity (Wildman–Crippen MR) is 120 cm³/mol. The number of anilines is 1. The second-order valence-electron chi connectivity index (χ2n) is 7.56. The van der Waals surface area contributed by atoms with E-state index in [1.54, 1.807) is 11.4 Å². The fraction of sp³-hybridized carbons (Fsp3) is 0.273. The Morgan fingerprint density at radius 1 is 1.16 bits per heavy atom. The number of aromatic nitrogens is 2. The average Bonchev–Trinajstić information content (AvgIpc) is 3.46. The van der Waals surface area contributed by atoms with Crippen molar-refractivity contribution in [2.24, 2.45) is 0 Å². The van der Waals surface area contributed by atoms with Crippen LogP contribution in [0, 0.1) is 0 Å². The fourth-order valence-corrected chi connectivity index (χ4v) is 4.61. The molecule has 1 aliphatic rings. The highest BCUT2D eigenvalue weighted by atomic mass is 32.1. The van der Waals surface area contributed by atoms with Gasteiger partial charge in [-0.2, -0.15) is 0 Å². The van der Waals surface area contributed by atoms with Gasteiger partial charge in [0.05, 0.1) is 10.6 Å². The number of nitrogens with one attached hydrogen (secondary N) is 3. The number of nitrogens with zero attached hydrogens (tertiary/aromatic N) is 1. The molecule has 9 nitrogen and oxygen atoms in total. The second-order valence-corrected chi connectivity index (χ2v) is 8.48. The first kappa shape index (κ1) is 21.7. The van der Waals surface area contributed by atoms with Gasteiger partial charge in [0.2, 0.25) is 11.7 Å². The maximum atomic E-state index is 13.3. The summed E-state index contributed by atoms with van der Waals surface area (Å²) < 4.78 is 0. The van der Waals surface area contributed by atoms with Gasteiger partial charge in [0.1, 0.15) is 6.04 Å². The van der Waals surface area contributed by atoms with Crippen molar-refractivity contribution in [1.82, 2.24) is 15.3 Å². The molecule has 1 unspecified atom stereocenters. The number of aromatic carboxylic acids is 1. The minimum Gasteiger partial charge on any atom is -0.501 e. The van der Waals surface area contributed by atoms with E-state index >= 15 is 0 Å². The van der Waals surface area contributed by atoms with Crippen LogP contribution in [0.1, 0.15) is 47.8 Å². The Balaban J connectivity index is 1.63. The minimum absolute atomic E-state index is 0.0458. The standard InChI is InChI=1S/C22H22N4O5S/c27-17-16(22(30)31)25-19(26-21(17)29)18-14(10-11-32-18)24-20(28)15(12-6-2-1-3-7-12)23-13-8-4-5-9-13/h1-3,6-7,10-11,13,15,23,27H,4-5,8-9H2,(H,24,28)(H,30,31)(H,25,26,29). The molecule has 166 valence electrons. The van der Waals surface area contributed by atoms with Crippen LogP contribution < -0.4 is 16.2 Å². The van der Waals surface area contributed by atoms with Crippen LogP contribution in [0.3, 0.4) is 0 Å². The SMILES string of the molecule is O=C(O)c1nc(-c2sccc2NC(=O)C(NC2CCCC2)c2ccccc2)[nH]c(=O)c1O. The van der Waals surface area contributed by atoms with Crippen molar-refractivity contribution in [3.63, 3.8) is 0 Å². The quantitative estimate of drug-likeness (QED) is 0.369. The molecule has 1 amide bonds. The van der Waals surface area contributed by atoms with Gasteiger partial charge in [0.15, 0.2) is 11.5 Å². The number of hydrogen-bond acceptors (Lipinski definition) is 7. The molecule has 32 heavy (non-hydrogen) atoms. The molecule has 0 aliphatic heterocycles. The van der Waals surface area contributed by atoms with Crippen LogP contribution in [0.5, 0.6) is 5.75 Å². The van der Waals surface area contributed by atoms with Crippen LogP contribution in [0.15, 0.2) is 46.6 Å². The molecule has 1 atom stereocenters. The van der Waals surface area contributed by atoms with Gasteiger partial charge in [-0.3, -0.25) is 14.9 Å². The molecule has 10 heteroatoms. The molecule has 2 heterocycles. The van der Waals surface area contributed by atoms with Crippen LogP contribution in [0.2, 0.25) is 0 Å². The molecule has 0 radical (unpaired) electrons. The minimum atomic E-state index is -1.53. The van der Waals surface area contributed by atoms with E-state index in [9.17, 15) is 24.6 Å². The Morgan fingerprint density at radius 3 is 2.56 bits per heavy atom. The maximum Gasteiger partial charge on any atom is 0.358 e.